The van der Waals surface area contributed by atoms with E-state index in [1.807, 2.05) is 38.1 Å². The molecular weight excluding hydrogens is 433 g/mol. The third-order valence-electron chi connectivity index (χ3n) is 4.69. The van der Waals surface area contributed by atoms with Gasteiger partial charge in [0.15, 0.2) is 0 Å². The minimum atomic E-state index is -4.78. The van der Waals surface area contributed by atoms with Crippen molar-refractivity contribution in [3.05, 3.63) is 78.0 Å². The molecule has 0 aliphatic heterocycles. The largest absolute Gasteiger partial charge is 0.573 e. The van der Waals surface area contributed by atoms with Gasteiger partial charge in [-0.2, -0.15) is 5.26 Å². The number of anilines is 1. The summed E-state index contributed by atoms with van der Waals surface area (Å²) >= 11 is 0. The molecule has 1 heterocycles. The van der Waals surface area contributed by atoms with Crippen molar-refractivity contribution in [1.82, 2.24) is 9.88 Å². The second-order valence-electron chi connectivity index (χ2n) is 7.47. The van der Waals surface area contributed by atoms with Crippen molar-refractivity contribution in [2.75, 3.05) is 5.32 Å². The number of nitrogens with zero attached hydrogens (tertiary/aromatic N) is 3. The van der Waals surface area contributed by atoms with E-state index < -0.39 is 12.4 Å². The molecule has 0 bridgehead atoms. The summed E-state index contributed by atoms with van der Waals surface area (Å²) in [6.45, 7) is 4.02. The van der Waals surface area contributed by atoms with E-state index in [0.29, 0.717) is 23.5 Å². The molecule has 0 aliphatic rings. The van der Waals surface area contributed by atoms with Crippen molar-refractivity contribution < 1.29 is 22.7 Å². The van der Waals surface area contributed by atoms with Gasteiger partial charge in [0.1, 0.15) is 5.75 Å². The summed E-state index contributed by atoms with van der Waals surface area (Å²) in [5, 5.41) is 11.8. The average molecular weight is 454 g/mol. The molecule has 0 atom stereocenters. The van der Waals surface area contributed by atoms with Gasteiger partial charge in [0.05, 0.1) is 17.3 Å². The van der Waals surface area contributed by atoms with E-state index >= 15 is 0 Å². The Hall–Kier alpha value is -4.06. The minimum Gasteiger partial charge on any atom is -0.406 e. The van der Waals surface area contributed by atoms with Crippen molar-refractivity contribution in [1.29, 1.82) is 5.26 Å². The number of carbonyl (C=O) groups is 1. The number of aromatic nitrogens is 1. The molecule has 0 saturated heterocycles. The lowest BCUT2D eigenvalue weighted by molar-refractivity contribution is -0.274. The molecule has 0 aliphatic carbocycles. The van der Waals surface area contributed by atoms with E-state index in [0.717, 1.165) is 23.3 Å². The highest BCUT2D eigenvalue weighted by Gasteiger charge is 2.31. The lowest BCUT2D eigenvalue weighted by atomic mass is 10.1. The SMILES string of the molecule is CC(C)N(Cc1cccc(-c2cc(C#N)ccn2)c1)C(=O)Nc1ccc(OC(F)(F)F)cc1. The zero-order valence-electron chi connectivity index (χ0n) is 17.9. The van der Waals surface area contributed by atoms with Gasteiger partial charge in [-0.05, 0) is 61.9 Å². The van der Waals surface area contributed by atoms with Crippen molar-refractivity contribution in [2.45, 2.75) is 32.8 Å². The van der Waals surface area contributed by atoms with Gasteiger partial charge in [0.25, 0.3) is 0 Å². The van der Waals surface area contributed by atoms with E-state index in [2.05, 4.69) is 21.1 Å². The number of hydrogen-bond acceptors (Lipinski definition) is 4. The summed E-state index contributed by atoms with van der Waals surface area (Å²) in [6, 6.07) is 17.3. The molecule has 33 heavy (non-hydrogen) atoms. The van der Waals surface area contributed by atoms with Crippen LogP contribution in [-0.4, -0.2) is 28.3 Å². The smallest absolute Gasteiger partial charge is 0.406 e. The summed E-state index contributed by atoms with van der Waals surface area (Å²) in [4.78, 5) is 18.8. The van der Waals surface area contributed by atoms with Gasteiger partial charge in [-0.15, -0.1) is 13.2 Å². The number of halogens is 3. The fraction of sp³-hybridized carbons (Fsp3) is 0.208. The second-order valence-corrected chi connectivity index (χ2v) is 7.47. The van der Waals surface area contributed by atoms with Crippen LogP contribution in [0.15, 0.2) is 66.9 Å². The van der Waals surface area contributed by atoms with Crippen LogP contribution in [0.25, 0.3) is 11.3 Å². The van der Waals surface area contributed by atoms with Crippen LogP contribution >= 0.6 is 0 Å². The number of amides is 2. The van der Waals surface area contributed by atoms with Crippen molar-refractivity contribution >= 4 is 11.7 Å². The molecule has 1 N–H and O–H groups in total. The lowest BCUT2D eigenvalue weighted by Gasteiger charge is -2.27. The lowest BCUT2D eigenvalue weighted by Crippen LogP contribution is -2.39. The monoisotopic (exact) mass is 454 g/mol. The van der Waals surface area contributed by atoms with Gasteiger partial charge in [-0.25, -0.2) is 4.79 Å². The molecule has 2 amide bonds. The first-order valence-electron chi connectivity index (χ1n) is 10.0. The predicted octanol–water partition coefficient (Wildman–Crippen LogP) is 5.96. The second kappa shape index (κ2) is 10.0. The summed E-state index contributed by atoms with van der Waals surface area (Å²) in [6.07, 6.45) is -3.21. The Kier molecular flexibility index (Phi) is 7.18. The number of carbonyl (C=O) groups excluding carboxylic acids is 1. The zero-order valence-corrected chi connectivity index (χ0v) is 17.9. The van der Waals surface area contributed by atoms with Crippen molar-refractivity contribution in [3.63, 3.8) is 0 Å². The molecule has 0 unspecified atom stereocenters. The highest BCUT2D eigenvalue weighted by Crippen LogP contribution is 2.25. The molecule has 3 aromatic rings. The first-order chi connectivity index (χ1) is 15.6. The Morgan fingerprint density at radius 3 is 2.52 bits per heavy atom. The maximum atomic E-state index is 12.9. The minimum absolute atomic E-state index is 0.151. The average Bonchev–Trinajstić information content (AvgIpc) is 2.78. The van der Waals surface area contributed by atoms with Crippen molar-refractivity contribution in [3.8, 4) is 23.1 Å². The van der Waals surface area contributed by atoms with Crippen LogP contribution in [0.2, 0.25) is 0 Å². The number of nitrogens with one attached hydrogen (secondary N) is 1. The fourth-order valence-corrected chi connectivity index (χ4v) is 3.11. The number of benzene rings is 2. The number of hydrogen-bond donors (Lipinski definition) is 1. The van der Waals surface area contributed by atoms with Crippen LogP contribution in [-0.2, 0) is 6.54 Å². The first-order valence-corrected chi connectivity index (χ1v) is 10.0. The first kappa shape index (κ1) is 23.6. The van der Waals surface area contributed by atoms with Crippen LogP contribution in [0, 0.1) is 11.3 Å². The van der Waals surface area contributed by atoms with E-state index in [1.165, 1.54) is 12.1 Å². The van der Waals surface area contributed by atoms with Crippen LogP contribution in [0.3, 0.4) is 0 Å². The molecule has 0 fully saturated rings. The number of alkyl halides is 3. The normalized spacial score (nSPS) is 11.1. The number of nitriles is 1. The zero-order chi connectivity index (χ0) is 24.0. The Bertz CT molecular complexity index is 1160. The molecule has 1 aromatic heterocycles. The topological polar surface area (TPSA) is 78.2 Å². The Labute approximate surface area is 189 Å². The van der Waals surface area contributed by atoms with Gasteiger partial charge in [0, 0.05) is 30.0 Å². The van der Waals surface area contributed by atoms with Gasteiger partial charge in [-0.3, -0.25) is 4.98 Å². The highest BCUT2D eigenvalue weighted by molar-refractivity contribution is 5.89. The third-order valence-corrected chi connectivity index (χ3v) is 4.69. The van der Waals surface area contributed by atoms with E-state index in [9.17, 15) is 18.0 Å². The van der Waals surface area contributed by atoms with Gasteiger partial charge in [-0.1, -0.05) is 18.2 Å². The Balaban J connectivity index is 1.73. The molecule has 9 heteroatoms. The Morgan fingerprint density at radius 1 is 1.15 bits per heavy atom. The van der Waals surface area contributed by atoms with E-state index in [4.69, 9.17) is 5.26 Å². The predicted molar refractivity (Wildman–Crippen MR) is 117 cm³/mol. The standard InChI is InChI=1S/C24H21F3N4O2/c1-16(2)31(23(32)30-20-6-8-21(9-7-20)33-24(25,26)27)15-18-4-3-5-19(12-18)22-13-17(14-28)10-11-29-22/h3-13,16H,15H2,1-2H3,(H,30,32). The molecule has 3 rings (SSSR count). The number of urea groups is 1. The van der Waals surface area contributed by atoms with E-state index in [1.54, 1.807) is 23.2 Å². The molecule has 0 spiro atoms. The summed E-state index contributed by atoms with van der Waals surface area (Å²) < 4.78 is 40.8. The molecule has 6 nitrogen and oxygen atoms in total. The fourth-order valence-electron chi connectivity index (χ4n) is 3.11. The number of rotatable bonds is 6. The van der Waals surface area contributed by atoms with Gasteiger partial charge in [0.2, 0.25) is 0 Å². The molecule has 0 saturated carbocycles. The number of ether oxygens (including phenoxy) is 1. The Morgan fingerprint density at radius 2 is 1.88 bits per heavy atom. The number of pyridine rings is 1. The highest BCUT2D eigenvalue weighted by atomic mass is 19.4. The van der Waals surface area contributed by atoms with E-state index in [-0.39, 0.29) is 11.8 Å². The molecule has 2 aromatic carbocycles. The maximum Gasteiger partial charge on any atom is 0.573 e. The summed E-state index contributed by atoms with van der Waals surface area (Å²) in [7, 11) is 0. The summed E-state index contributed by atoms with van der Waals surface area (Å²) in [5.74, 6) is -0.368. The van der Waals surface area contributed by atoms with Crippen LogP contribution in [0.5, 0.6) is 5.75 Å². The molecule has 0 radical (unpaired) electrons. The van der Waals surface area contributed by atoms with Crippen molar-refractivity contribution in [2.24, 2.45) is 0 Å². The maximum absolute atomic E-state index is 12.9. The van der Waals surface area contributed by atoms with Crippen LogP contribution in [0.4, 0.5) is 23.7 Å². The quantitative estimate of drug-likeness (QED) is 0.498. The van der Waals surface area contributed by atoms with Gasteiger partial charge < -0.3 is 15.0 Å². The molecular formula is C24H21F3N4O2. The summed E-state index contributed by atoms with van der Waals surface area (Å²) in [5.41, 5.74) is 3.16. The van der Waals surface area contributed by atoms with Gasteiger partial charge >= 0.3 is 12.4 Å². The third kappa shape index (κ3) is 6.71. The molecule has 170 valence electrons. The van der Waals surface area contributed by atoms with Crippen LogP contribution < -0.4 is 10.1 Å². The van der Waals surface area contributed by atoms with Crippen LogP contribution in [0.1, 0.15) is 25.0 Å².